The van der Waals surface area contributed by atoms with Crippen molar-refractivity contribution in [3.8, 4) is 0 Å². The maximum Gasteiger partial charge on any atom is 0.254 e. The topological polar surface area (TPSA) is 73.0 Å². The van der Waals surface area contributed by atoms with Crippen LogP contribution in [0, 0.1) is 0 Å². The van der Waals surface area contributed by atoms with E-state index in [4.69, 9.17) is 0 Å². The normalized spacial score (nSPS) is 17.0. The van der Waals surface area contributed by atoms with E-state index in [1.54, 1.807) is 29.2 Å². The highest BCUT2D eigenvalue weighted by Gasteiger charge is 2.33. The fourth-order valence-electron chi connectivity index (χ4n) is 6.03. The Morgan fingerprint density at radius 3 is 1.84 bits per heavy atom. The van der Waals surface area contributed by atoms with Crippen molar-refractivity contribution >= 4 is 23.4 Å². The molecule has 37 heavy (non-hydrogen) atoms. The van der Waals surface area contributed by atoms with Gasteiger partial charge in [-0.3, -0.25) is 14.4 Å². The summed E-state index contributed by atoms with van der Waals surface area (Å²) in [6, 6.07) is 7.62. The molecule has 1 aromatic rings. The molecule has 0 heterocycles. The Labute approximate surface area is 223 Å². The molecule has 2 aliphatic rings. The SMILES string of the molecule is CCN(CC)CCCN(CC(=O)N(C1CCCCC1)C1CCCCC1)C(=O)c1ccc(NC(C)=O)cc1. The van der Waals surface area contributed by atoms with Crippen LogP contribution in [-0.2, 0) is 9.59 Å². The van der Waals surface area contributed by atoms with Crippen molar-refractivity contribution in [2.75, 3.05) is 38.0 Å². The van der Waals surface area contributed by atoms with Gasteiger partial charge in [-0.15, -0.1) is 0 Å². The first-order chi connectivity index (χ1) is 17.9. The van der Waals surface area contributed by atoms with Crippen LogP contribution in [0.25, 0.3) is 0 Å². The van der Waals surface area contributed by atoms with Crippen molar-refractivity contribution in [2.45, 2.75) is 103 Å². The molecule has 206 valence electrons. The number of benzene rings is 1. The minimum Gasteiger partial charge on any atom is -0.335 e. The number of rotatable bonds is 12. The highest BCUT2D eigenvalue weighted by Crippen LogP contribution is 2.30. The van der Waals surface area contributed by atoms with Gasteiger partial charge in [0.1, 0.15) is 6.54 Å². The van der Waals surface area contributed by atoms with Crippen LogP contribution in [0.3, 0.4) is 0 Å². The molecule has 7 nitrogen and oxygen atoms in total. The van der Waals surface area contributed by atoms with E-state index < -0.39 is 0 Å². The minimum absolute atomic E-state index is 0.116. The number of anilines is 1. The van der Waals surface area contributed by atoms with Crippen LogP contribution in [0.4, 0.5) is 5.69 Å². The molecule has 7 heteroatoms. The second kappa shape index (κ2) is 15.1. The Hall–Kier alpha value is -2.41. The molecule has 0 unspecified atom stereocenters. The van der Waals surface area contributed by atoms with E-state index in [1.165, 1.54) is 45.4 Å². The molecule has 0 aromatic heterocycles. The van der Waals surface area contributed by atoms with E-state index in [0.29, 0.717) is 29.9 Å². The summed E-state index contributed by atoms with van der Waals surface area (Å²) in [4.78, 5) is 45.3. The summed E-state index contributed by atoms with van der Waals surface area (Å²) in [6.07, 6.45) is 12.4. The van der Waals surface area contributed by atoms with Crippen LogP contribution in [0.5, 0.6) is 0 Å². The lowest BCUT2D eigenvalue weighted by molar-refractivity contribution is -0.138. The van der Waals surface area contributed by atoms with Crippen LogP contribution in [0.2, 0.25) is 0 Å². The third-order valence-corrected chi connectivity index (χ3v) is 8.09. The van der Waals surface area contributed by atoms with Crippen molar-refractivity contribution in [3.05, 3.63) is 29.8 Å². The van der Waals surface area contributed by atoms with Gasteiger partial charge in [-0.05, 0) is 76.0 Å². The molecule has 2 fully saturated rings. The summed E-state index contributed by atoms with van der Waals surface area (Å²) in [7, 11) is 0. The molecule has 0 radical (unpaired) electrons. The lowest BCUT2D eigenvalue weighted by Crippen LogP contribution is -2.53. The van der Waals surface area contributed by atoms with Gasteiger partial charge in [0.15, 0.2) is 0 Å². The quantitative estimate of drug-likeness (QED) is 0.412. The predicted octanol–water partition coefficient (Wildman–Crippen LogP) is 5.31. The Kier molecular flexibility index (Phi) is 11.9. The van der Waals surface area contributed by atoms with Gasteiger partial charge in [-0.2, -0.15) is 0 Å². The van der Waals surface area contributed by atoms with Crippen LogP contribution in [-0.4, -0.2) is 77.2 Å². The number of nitrogens with zero attached hydrogens (tertiary/aromatic N) is 3. The van der Waals surface area contributed by atoms with Gasteiger partial charge in [0.2, 0.25) is 11.8 Å². The average Bonchev–Trinajstić information content (AvgIpc) is 2.91. The summed E-state index contributed by atoms with van der Waals surface area (Å²) in [6.45, 7) is 9.32. The van der Waals surface area contributed by atoms with Crippen LogP contribution < -0.4 is 5.32 Å². The number of amides is 3. The Morgan fingerprint density at radius 2 is 1.35 bits per heavy atom. The van der Waals surface area contributed by atoms with Crippen molar-refractivity contribution < 1.29 is 14.4 Å². The summed E-state index contributed by atoms with van der Waals surface area (Å²) >= 11 is 0. The van der Waals surface area contributed by atoms with E-state index in [1.807, 2.05) is 0 Å². The molecule has 2 aliphatic carbocycles. The third kappa shape index (κ3) is 8.84. The lowest BCUT2D eigenvalue weighted by Gasteiger charge is -2.42. The van der Waals surface area contributed by atoms with E-state index >= 15 is 0 Å². The average molecular weight is 513 g/mol. The first kappa shape index (κ1) is 29.2. The number of nitrogens with one attached hydrogen (secondary N) is 1. The highest BCUT2D eigenvalue weighted by atomic mass is 16.2. The number of hydrogen-bond donors (Lipinski definition) is 1. The molecule has 1 N–H and O–H groups in total. The van der Waals surface area contributed by atoms with Crippen LogP contribution in [0.1, 0.15) is 102 Å². The minimum atomic E-state index is -0.145. The molecule has 0 aliphatic heterocycles. The van der Waals surface area contributed by atoms with Gasteiger partial charge in [-0.25, -0.2) is 0 Å². The van der Waals surface area contributed by atoms with Gasteiger partial charge >= 0.3 is 0 Å². The summed E-state index contributed by atoms with van der Waals surface area (Å²) in [5.41, 5.74) is 1.21. The number of carbonyl (C=O) groups excluding carboxylic acids is 3. The van der Waals surface area contributed by atoms with Crippen molar-refractivity contribution in [2.24, 2.45) is 0 Å². The maximum absolute atomic E-state index is 13.9. The van der Waals surface area contributed by atoms with Crippen molar-refractivity contribution in [1.29, 1.82) is 0 Å². The molecule has 3 amide bonds. The summed E-state index contributed by atoms with van der Waals surface area (Å²) in [5, 5.41) is 2.75. The fourth-order valence-corrected chi connectivity index (χ4v) is 6.03. The molecule has 0 saturated heterocycles. The Bertz CT molecular complexity index is 838. The molecule has 1 aromatic carbocycles. The Balaban J connectivity index is 1.77. The smallest absolute Gasteiger partial charge is 0.254 e. The van der Waals surface area contributed by atoms with Crippen LogP contribution in [0.15, 0.2) is 24.3 Å². The largest absolute Gasteiger partial charge is 0.335 e. The standard InChI is InChI=1S/C30H48N4O3/c1-4-32(5-2)21-12-22-33(30(37)25-17-19-26(20-18-25)31-24(3)35)23-29(36)34(27-13-8-6-9-14-27)28-15-10-7-11-16-28/h17-20,27-28H,4-16,21-23H2,1-3H3,(H,31,35). The van der Waals surface area contributed by atoms with E-state index in [9.17, 15) is 14.4 Å². The molecule has 0 bridgehead atoms. The third-order valence-electron chi connectivity index (χ3n) is 8.09. The molecular formula is C30H48N4O3. The zero-order chi connectivity index (χ0) is 26.6. The second-order valence-corrected chi connectivity index (χ2v) is 10.8. The summed E-state index contributed by atoms with van der Waals surface area (Å²) in [5.74, 6) is -0.146. The molecule has 3 rings (SSSR count). The van der Waals surface area contributed by atoms with Crippen LogP contribution >= 0.6 is 0 Å². The monoisotopic (exact) mass is 512 g/mol. The number of carbonyl (C=O) groups is 3. The molecule has 0 spiro atoms. The van der Waals surface area contributed by atoms with E-state index in [2.05, 4.69) is 29.0 Å². The molecular weight excluding hydrogens is 464 g/mol. The van der Waals surface area contributed by atoms with Crippen molar-refractivity contribution in [3.63, 3.8) is 0 Å². The zero-order valence-electron chi connectivity index (χ0n) is 23.3. The van der Waals surface area contributed by atoms with Gasteiger partial charge in [0, 0.05) is 36.8 Å². The Morgan fingerprint density at radius 1 is 0.811 bits per heavy atom. The summed E-state index contributed by atoms with van der Waals surface area (Å²) < 4.78 is 0. The maximum atomic E-state index is 13.9. The van der Waals surface area contributed by atoms with Crippen molar-refractivity contribution in [1.82, 2.24) is 14.7 Å². The number of hydrogen-bond acceptors (Lipinski definition) is 4. The lowest BCUT2D eigenvalue weighted by atomic mass is 9.88. The predicted molar refractivity (Wildman–Crippen MR) is 150 cm³/mol. The van der Waals surface area contributed by atoms with Gasteiger partial charge in [0.25, 0.3) is 5.91 Å². The zero-order valence-corrected chi connectivity index (χ0v) is 23.3. The molecule has 2 saturated carbocycles. The van der Waals surface area contributed by atoms with E-state index in [-0.39, 0.29) is 24.3 Å². The highest BCUT2D eigenvalue weighted by molar-refractivity contribution is 5.97. The first-order valence-electron chi connectivity index (χ1n) is 14.6. The fraction of sp³-hybridized carbons (Fsp3) is 0.700. The van der Waals surface area contributed by atoms with Gasteiger partial charge < -0.3 is 20.0 Å². The van der Waals surface area contributed by atoms with Gasteiger partial charge in [-0.1, -0.05) is 52.4 Å². The molecule has 0 atom stereocenters. The first-order valence-corrected chi connectivity index (χ1v) is 14.6. The second-order valence-electron chi connectivity index (χ2n) is 10.8. The van der Waals surface area contributed by atoms with E-state index in [0.717, 1.165) is 51.7 Å². The van der Waals surface area contributed by atoms with Gasteiger partial charge in [0.05, 0.1) is 0 Å².